The number of benzene rings is 1. The van der Waals surface area contributed by atoms with E-state index in [9.17, 15) is 13.5 Å². The van der Waals surface area contributed by atoms with Gasteiger partial charge in [0.2, 0.25) is 10.0 Å². The molecular formula is C14H17ClN2O3S. The largest absolute Gasteiger partial charge is 0.386 e. The van der Waals surface area contributed by atoms with Crippen molar-refractivity contribution in [2.45, 2.75) is 17.9 Å². The zero-order chi connectivity index (χ0) is 15.6. The molecule has 0 radical (unpaired) electrons. The lowest BCUT2D eigenvalue weighted by Crippen LogP contribution is -2.29. The molecular weight excluding hydrogens is 312 g/mol. The lowest BCUT2D eigenvalue weighted by Gasteiger charge is -2.14. The third-order valence-electron chi connectivity index (χ3n) is 3.30. The van der Waals surface area contributed by atoms with Gasteiger partial charge in [-0.2, -0.15) is 0 Å². The van der Waals surface area contributed by atoms with E-state index in [0.717, 1.165) is 0 Å². The summed E-state index contributed by atoms with van der Waals surface area (Å²) in [6.45, 7) is 1.54. The van der Waals surface area contributed by atoms with Crippen molar-refractivity contribution in [2.75, 3.05) is 6.54 Å². The standard InChI is InChI=1S/C14H17ClN2O3S/c1-10-11(15)5-3-7-14(10)21(19,20)16-9-13(18)12-6-4-8-17(12)2/h3-8,13,16,18H,9H2,1-2H3/t13-/m0/s1. The van der Waals surface area contributed by atoms with Crippen LogP contribution in [0.3, 0.4) is 0 Å². The van der Waals surface area contributed by atoms with Crippen LogP contribution in [0.5, 0.6) is 0 Å². The monoisotopic (exact) mass is 328 g/mol. The second-order valence-corrected chi connectivity index (χ2v) is 6.92. The molecule has 2 rings (SSSR count). The Labute approximate surface area is 129 Å². The van der Waals surface area contributed by atoms with Gasteiger partial charge < -0.3 is 9.67 Å². The van der Waals surface area contributed by atoms with Crippen LogP contribution in [0.2, 0.25) is 5.02 Å². The first-order valence-corrected chi connectivity index (χ1v) is 8.23. The van der Waals surface area contributed by atoms with Crippen LogP contribution < -0.4 is 4.72 Å². The normalized spacial score (nSPS) is 13.3. The number of nitrogens with zero attached hydrogens (tertiary/aromatic N) is 1. The fraction of sp³-hybridized carbons (Fsp3) is 0.286. The van der Waals surface area contributed by atoms with Gasteiger partial charge in [0.15, 0.2) is 0 Å². The van der Waals surface area contributed by atoms with Crippen molar-refractivity contribution >= 4 is 21.6 Å². The Morgan fingerprint density at radius 1 is 1.33 bits per heavy atom. The predicted molar refractivity (Wildman–Crippen MR) is 81.8 cm³/mol. The number of halogens is 1. The lowest BCUT2D eigenvalue weighted by molar-refractivity contribution is 0.173. The summed E-state index contributed by atoms with van der Waals surface area (Å²) in [6, 6.07) is 8.22. The molecule has 0 aliphatic carbocycles. The van der Waals surface area contributed by atoms with Crippen LogP contribution in [0, 0.1) is 6.92 Å². The summed E-state index contributed by atoms with van der Waals surface area (Å²) in [6.07, 6.45) is 0.869. The van der Waals surface area contributed by atoms with Gasteiger partial charge in [0.1, 0.15) is 6.10 Å². The first kappa shape index (κ1) is 16.0. The highest BCUT2D eigenvalue weighted by atomic mass is 35.5. The Morgan fingerprint density at radius 2 is 2.05 bits per heavy atom. The topological polar surface area (TPSA) is 71.3 Å². The molecule has 0 saturated carbocycles. The zero-order valence-electron chi connectivity index (χ0n) is 11.7. The van der Waals surface area contributed by atoms with Crippen LogP contribution in [0.25, 0.3) is 0 Å². The molecule has 5 nitrogen and oxygen atoms in total. The number of aromatic nitrogens is 1. The van der Waals surface area contributed by atoms with Gasteiger partial charge in [-0.15, -0.1) is 0 Å². The van der Waals surface area contributed by atoms with Crippen molar-refractivity contribution in [3.63, 3.8) is 0 Å². The number of nitrogens with one attached hydrogen (secondary N) is 1. The smallest absolute Gasteiger partial charge is 0.240 e. The second-order valence-electron chi connectivity index (χ2n) is 4.77. The quantitative estimate of drug-likeness (QED) is 0.882. The van der Waals surface area contributed by atoms with Gasteiger partial charge in [0.05, 0.1) is 4.90 Å². The Hall–Kier alpha value is -1.34. The van der Waals surface area contributed by atoms with Crippen molar-refractivity contribution in [2.24, 2.45) is 7.05 Å². The van der Waals surface area contributed by atoms with Crippen molar-refractivity contribution in [1.29, 1.82) is 0 Å². The van der Waals surface area contributed by atoms with Crippen molar-refractivity contribution < 1.29 is 13.5 Å². The van der Waals surface area contributed by atoms with Gasteiger partial charge in [-0.1, -0.05) is 17.7 Å². The predicted octanol–water partition coefficient (Wildman–Crippen LogP) is 2.00. The van der Waals surface area contributed by atoms with E-state index in [4.69, 9.17) is 11.6 Å². The number of hydrogen-bond donors (Lipinski definition) is 2. The molecule has 0 fully saturated rings. The molecule has 1 heterocycles. The van der Waals surface area contributed by atoms with Crippen LogP contribution in [0.15, 0.2) is 41.4 Å². The molecule has 1 atom stereocenters. The molecule has 0 unspecified atom stereocenters. The van der Waals surface area contributed by atoms with Gasteiger partial charge in [-0.3, -0.25) is 0 Å². The first-order chi connectivity index (χ1) is 9.83. The lowest BCUT2D eigenvalue weighted by atomic mass is 10.2. The summed E-state index contributed by atoms with van der Waals surface area (Å²) in [5, 5.41) is 10.4. The molecule has 0 saturated heterocycles. The highest BCUT2D eigenvalue weighted by Gasteiger charge is 2.20. The summed E-state index contributed by atoms with van der Waals surface area (Å²) in [5.41, 5.74) is 1.13. The van der Waals surface area contributed by atoms with Crippen LogP contribution >= 0.6 is 11.6 Å². The second kappa shape index (κ2) is 6.19. The maximum absolute atomic E-state index is 12.3. The fourth-order valence-corrected chi connectivity index (χ4v) is 3.60. The SMILES string of the molecule is Cc1c(Cl)cccc1S(=O)(=O)NC[C@H](O)c1cccn1C. The summed E-state index contributed by atoms with van der Waals surface area (Å²) in [4.78, 5) is 0.120. The van der Waals surface area contributed by atoms with E-state index in [-0.39, 0.29) is 11.4 Å². The molecule has 2 aromatic rings. The van der Waals surface area contributed by atoms with Gasteiger partial charge in [-0.05, 0) is 36.8 Å². The van der Waals surface area contributed by atoms with Crippen molar-refractivity contribution in [3.8, 4) is 0 Å². The Morgan fingerprint density at radius 3 is 2.67 bits per heavy atom. The molecule has 0 amide bonds. The van der Waals surface area contributed by atoms with Gasteiger partial charge in [-0.25, -0.2) is 13.1 Å². The van der Waals surface area contributed by atoms with E-state index in [2.05, 4.69) is 4.72 Å². The van der Waals surface area contributed by atoms with Crippen LogP contribution in [-0.4, -0.2) is 24.6 Å². The van der Waals surface area contributed by atoms with E-state index in [0.29, 0.717) is 16.3 Å². The summed E-state index contributed by atoms with van der Waals surface area (Å²) < 4.78 is 28.7. The van der Waals surface area contributed by atoms with Crippen LogP contribution in [0.1, 0.15) is 17.4 Å². The Balaban J connectivity index is 2.15. The molecule has 21 heavy (non-hydrogen) atoms. The number of sulfonamides is 1. The number of hydrogen-bond acceptors (Lipinski definition) is 3. The van der Waals surface area contributed by atoms with Gasteiger partial charge >= 0.3 is 0 Å². The molecule has 114 valence electrons. The van der Waals surface area contributed by atoms with Crippen molar-refractivity contribution in [1.82, 2.24) is 9.29 Å². The van der Waals surface area contributed by atoms with Gasteiger partial charge in [0.25, 0.3) is 0 Å². The molecule has 1 aromatic heterocycles. The number of rotatable bonds is 5. The summed E-state index contributed by atoms with van der Waals surface area (Å²) in [7, 11) is -1.93. The summed E-state index contributed by atoms with van der Waals surface area (Å²) in [5.74, 6) is 0. The minimum atomic E-state index is -3.72. The molecule has 2 N–H and O–H groups in total. The fourth-order valence-electron chi connectivity index (χ4n) is 2.07. The maximum Gasteiger partial charge on any atom is 0.240 e. The average Bonchev–Trinajstić information content (AvgIpc) is 2.85. The third kappa shape index (κ3) is 3.47. The molecule has 0 bridgehead atoms. The highest BCUT2D eigenvalue weighted by molar-refractivity contribution is 7.89. The van der Waals surface area contributed by atoms with Gasteiger partial charge in [0, 0.05) is 30.5 Å². The van der Waals surface area contributed by atoms with E-state index >= 15 is 0 Å². The number of aliphatic hydroxyl groups excluding tert-OH is 1. The first-order valence-electron chi connectivity index (χ1n) is 6.37. The molecule has 7 heteroatoms. The highest BCUT2D eigenvalue weighted by Crippen LogP contribution is 2.23. The molecule has 1 aromatic carbocycles. The molecule has 0 aliphatic rings. The Kier molecular flexibility index (Phi) is 4.73. The average molecular weight is 329 g/mol. The van der Waals surface area contributed by atoms with E-state index in [1.54, 1.807) is 49.0 Å². The van der Waals surface area contributed by atoms with Crippen LogP contribution in [-0.2, 0) is 17.1 Å². The number of aliphatic hydroxyl groups is 1. The molecule has 0 spiro atoms. The van der Waals surface area contributed by atoms with E-state index < -0.39 is 16.1 Å². The third-order valence-corrected chi connectivity index (χ3v) is 5.28. The zero-order valence-corrected chi connectivity index (χ0v) is 13.3. The minimum Gasteiger partial charge on any atom is -0.386 e. The Bertz CT molecular complexity index is 740. The van der Waals surface area contributed by atoms with Crippen molar-refractivity contribution in [3.05, 3.63) is 52.8 Å². The summed E-state index contributed by atoms with van der Waals surface area (Å²) >= 11 is 5.94. The maximum atomic E-state index is 12.3. The molecule has 0 aliphatic heterocycles. The van der Waals surface area contributed by atoms with Crippen LogP contribution in [0.4, 0.5) is 0 Å². The number of aryl methyl sites for hydroxylation is 1. The van der Waals surface area contributed by atoms with E-state index in [1.165, 1.54) is 6.07 Å². The van der Waals surface area contributed by atoms with E-state index in [1.807, 2.05) is 0 Å². The minimum absolute atomic E-state index is 0.105.